The molecule has 1 atom stereocenters. The number of hydrogen-bond donors (Lipinski definition) is 1. The molecule has 0 spiro atoms. The van der Waals surface area contributed by atoms with E-state index in [2.05, 4.69) is 5.32 Å². The second kappa shape index (κ2) is 10.6. The van der Waals surface area contributed by atoms with Crippen molar-refractivity contribution in [1.82, 2.24) is 5.32 Å². The Hall–Kier alpha value is -1.56. The molecule has 0 aliphatic heterocycles. The van der Waals surface area contributed by atoms with Crippen LogP contribution in [-0.4, -0.2) is 31.4 Å². The van der Waals surface area contributed by atoms with Crippen LogP contribution in [-0.2, 0) is 10.5 Å². The number of nitrogens with one attached hydrogen (secondary N) is 1. The summed E-state index contributed by atoms with van der Waals surface area (Å²) in [6.45, 7) is 2.26. The fourth-order valence-electron chi connectivity index (χ4n) is 2.15. The van der Waals surface area contributed by atoms with Gasteiger partial charge in [0.25, 0.3) is 5.91 Å². The van der Waals surface area contributed by atoms with Gasteiger partial charge in [0.15, 0.2) is 6.10 Å². The van der Waals surface area contributed by atoms with Gasteiger partial charge < -0.3 is 14.8 Å². The summed E-state index contributed by atoms with van der Waals surface area (Å²) in [5.41, 5.74) is 0.920. The molecule has 0 bridgehead atoms. The summed E-state index contributed by atoms with van der Waals surface area (Å²) in [5, 5.41) is 4.19. The largest absolute Gasteiger partial charge is 0.497 e. The highest BCUT2D eigenvalue weighted by molar-refractivity contribution is 7.98. The molecule has 0 aromatic heterocycles. The lowest BCUT2D eigenvalue weighted by Gasteiger charge is -2.15. The summed E-state index contributed by atoms with van der Waals surface area (Å²) in [5.74, 6) is 2.66. The number of carbonyl (C=O) groups is 1. The predicted molar refractivity (Wildman–Crippen MR) is 109 cm³/mol. The average molecular weight is 414 g/mol. The minimum Gasteiger partial charge on any atom is -0.497 e. The molecule has 0 aliphatic rings. The minimum atomic E-state index is -0.577. The first-order valence-electron chi connectivity index (χ1n) is 8.10. The van der Waals surface area contributed by atoms with Crippen molar-refractivity contribution < 1.29 is 14.3 Å². The number of hydrogen-bond acceptors (Lipinski definition) is 4. The first-order valence-corrected chi connectivity index (χ1v) is 10.0. The molecule has 4 nitrogen and oxygen atoms in total. The van der Waals surface area contributed by atoms with Crippen molar-refractivity contribution in [2.75, 3.05) is 19.4 Å². The van der Waals surface area contributed by atoms with Gasteiger partial charge in [0.2, 0.25) is 0 Å². The van der Waals surface area contributed by atoms with Crippen LogP contribution in [0.5, 0.6) is 11.5 Å². The van der Waals surface area contributed by atoms with Crippen molar-refractivity contribution in [1.29, 1.82) is 0 Å². The molecular weight excluding hydrogens is 393 g/mol. The number of carbonyl (C=O) groups excluding carboxylic acids is 1. The maximum atomic E-state index is 12.1. The molecule has 0 saturated heterocycles. The zero-order valence-electron chi connectivity index (χ0n) is 14.6. The molecule has 1 amide bonds. The summed E-state index contributed by atoms with van der Waals surface area (Å²) in [7, 11) is 1.60. The Morgan fingerprint density at radius 2 is 1.73 bits per heavy atom. The van der Waals surface area contributed by atoms with E-state index >= 15 is 0 Å². The zero-order chi connectivity index (χ0) is 18.9. The van der Waals surface area contributed by atoms with Gasteiger partial charge in [-0.1, -0.05) is 29.3 Å². The Kier molecular flexibility index (Phi) is 8.42. The standard InChI is InChI=1S/C19H21Cl2NO3S/c1-13(25-15-8-6-14(24-2)7-9-15)19(23)22-10-11-26-12-16-17(20)4-3-5-18(16)21/h3-9,13H,10-12H2,1-2H3,(H,22,23)/t13-/m0/s1. The molecule has 2 aromatic carbocycles. The summed E-state index contributed by atoms with van der Waals surface area (Å²) in [6.07, 6.45) is -0.577. The molecule has 0 radical (unpaired) electrons. The molecular formula is C19H21Cl2NO3S. The van der Waals surface area contributed by atoms with Gasteiger partial charge in [0, 0.05) is 28.1 Å². The molecule has 7 heteroatoms. The zero-order valence-corrected chi connectivity index (χ0v) is 17.0. The fourth-order valence-corrected chi connectivity index (χ4v) is 3.74. The van der Waals surface area contributed by atoms with Crippen molar-refractivity contribution in [3.05, 3.63) is 58.1 Å². The molecule has 2 rings (SSSR count). The fraction of sp³-hybridized carbons (Fsp3) is 0.316. The van der Waals surface area contributed by atoms with Crippen molar-refractivity contribution in [3.63, 3.8) is 0 Å². The second-order valence-electron chi connectivity index (χ2n) is 5.48. The SMILES string of the molecule is COc1ccc(O[C@@H](C)C(=O)NCCSCc2c(Cl)cccc2Cl)cc1. The third-order valence-corrected chi connectivity index (χ3v) is 5.29. The smallest absolute Gasteiger partial charge is 0.260 e. The maximum Gasteiger partial charge on any atom is 0.260 e. The van der Waals surface area contributed by atoms with E-state index in [1.165, 1.54) is 0 Å². The molecule has 0 unspecified atom stereocenters. The molecule has 0 fully saturated rings. The van der Waals surface area contributed by atoms with Crippen LogP contribution in [0.15, 0.2) is 42.5 Å². The van der Waals surface area contributed by atoms with Gasteiger partial charge in [-0.25, -0.2) is 0 Å². The maximum absolute atomic E-state index is 12.1. The van der Waals surface area contributed by atoms with Gasteiger partial charge in [-0.05, 0) is 48.9 Å². The Labute approximate surface area is 168 Å². The van der Waals surface area contributed by atoms with E-state index in [-0.39, 0.29) is 5.91 Å². The van der Waals surface area contributed by atoms with Crippen LogP contribution >= 0.6 is 35.0 Å². The van der Waals surface area contributed by atoms with Crippen LogP contribution in [0.2, 0.25) is 10.0 Å². The lowest BCUT2D eigenvalue weighted by Crippen LogP contribution is -2.37. The monoisotopic (exact) mass is 413 g/mol. The summed E-state index contributed by atoms with van der Waals surface area (Å²) >= 11 is 13.9. The molecule has 0 heterocycles. The molecule has 0 saturated carbocycles. The van der Waals surface area contributed by atoms with Gasteiger partial charge in [-0.2, -0.15) is 11.8 Å². The van der Waals surface area contributed by atoms with E-state index in [0.29, 0.717) is 28.1 Å². The number of ether oxygens (including phenoxy) is 2. The van der Waals surface area contributed by atoms with Gasteiger partial charge >= 0.3 is 0 Å². The lowest BCUT2D eigenvalue weighted by molar-refractivity contribution is -0.127. The highest BCUT2D eigenvalue weighted by Crippen LogP contribution is 2.28. The van der Waals surface area contributed by atoms with E-state index in [0.717, 1.165) is 17.1 Å². The molecule has 2 aromatic rings. The topological polar surface area (TPSA) is 47.6 Å². The third-order valence-electron chi connectivity index (χ3n) is 3.60. The first-order chi connectivity index (χ1) is 12.5. The number of methoxy groups -OCH3 is 1. The predicted octanol–water partition coefficient (Wildman–Crippen LogP) is 4.82. The molecule has 26 heavy (non-hydrogen) atoms. The Morgan fingerprint density at radius 3 is 2.35 bits per heavy atom. The van der Waals surface area contributed by atoms with E-state index < -0.39 is 6.10 Å². The normalized spacial score (nSPS) is 11.7. The highest BCUT2D eigenvalue weighted by atomic mass is 35.5. The Bertz CT molecular complexity index is 705. The van der Waals surface area contributed by atoms with E-state index in [9.17, 15) is 4.79 Å². The Morgan fingerprint density at radius 1 is 1.12 bits per heavy atom. The number of amides is 1. The van der Waals surface area contributed by atoms with Gasteiger partial charge in [-0.3, -0.25) is 4.79 Å². The first kappa shape index (κ1) is 20.7. The third kappa shape index (κ3) is 6.31. The molecule has 140 valence electrons. The van der Waals surface area contributed by atoms with Crippen LogP contribution in [0, 0.1) is 0 Å². The van der Waals surface area contributed by atoms with Crippen LogP contribution in [0.25, 0.3) is 0 Å². The van der Waals surface area contributed by atoms with Gasteiger partial charge in [0.1, 0.15) is 11.5 Å². The van der Waals surface area contributed by atoms with Crippen LogP contribution in [0.1, 0.15) is 12.5 Å². The highest BCUT2D eigenvalue weighted by Gasteiger charge is 2.14. The van der Waals surface area contributed by atoms with Gasteiger partial charge in [0.05, 0.1) is 7.11 Å². The van der Waals surface area contributed by atoms with E-state index in [1.54, 1.807) is 50.1 Å². The lowest BCUT2D eigenvalue weighted by atomic mass is 10.2. The van der Waals surface area contributed by atoms with Crippen molar-refractivity contribution in [2.24, 2.45) is 0 Å². The summed E-state index contributed by atoms with van der Waals surface area (Å²) in [4.78, 5) is 12.1. The van der Waals surface area contributed by atoms with E-state index in [4.69, 9.17) is 32.7 Å². The average Bonchev–Trinajstić information content (AvgIpc) is 2.64. The molecule has 0 aliphatic carbocycles. The number of thioether (sulfide) groups is 1. The van der Waals surface area contributed by atoms with Crippen LogP contribution in [0.3, 0.4) is 0 Å². The summed E-state index contributed by atoms with van der Waals surface area (Å²) < 4.78 is 10.7. The molecule has 1 N–H and O–H groups in total. The van der Waals surface area contributed by atoms with Crippen molar-refractivity contribution in [2.45, 2.75) is 18.8 Å². The van der Waals surface area contributed by atoms with Gasteiger partial charge in [-0.15, -0.1) is 0 Å². The summed E-state index contributed by atoms with van der Waals surface area (Å²) in [6, 6.07) is 12.6. The minimum absolute atomic E-state index is 0.155. The van der Waals surface area contributed by atoms with Crippen molar-refractivity contribution >= 4 is 40.9 Å². The quantitative estimate of drug-likeness (QED) is 0.598. The second-order valence-corrected chi connectivity index (χ2v) is 7.40. The Balaban J connectivity index is 1.69. The van der Waals surface area contributed by atoms with Crippen LogP contribution < -0.4 is 14.8 Å². The number of halogens is 2. The number of benzene rings is 2. The van der Waals surface area contributed by atoms with Crippen molar-refractivity contribution in [3.8, 4) is 11.5 Å². The van der Waals surface area contributed by atoms with E-state index in [1.807, 2.05) is 18.2 Å². The number of rotatable bonds is 9. The van der Waals surface area contributed by atoms with Crippen LogP contribution in [0.4, 0.5) is 0 Å².